The second-order valence-electron chi connectivity index (χ2n) is 6.65. The van der Waals surface area contributed by atoms with E-state index in [0.29, 0.717) is 31.6 Å². The third-order valence-electron chi connectivity index (χ3n) is 4.36. The standard InChI is InChI=1S/C21H16BrCl2N3O6S/c1-32-19-10-14(8-15(22)21(19)33-12-13-6-7-16(23)17(24)9-13)11-25-26-34(30,31)20-5-3-2-4-18(20)27(28)29/h2-11,26H,12H2,1H3/b25-11-. The van der Waals surface area contributed by atoms with Crippen LogP contribution in [0.4, 0.5) is 5.69 Å². The largest absolute Gasteiger partial charge is 0.493 e. The van der Waals surface area contributed by atoms with E-state index in [9.17, 15) is 18.5 Å². The molecule has 34 heavy (non-hydrogen) atoms. The molecule has 9 nitrogen and oxygen atoms in total. The highest BCUT2D eigenvalue weighted by atomic mass is 79.9. The van der Waals surface area contributed by atoms with Gasteiger partial charge in [0, 0.05) is 6.07 Å². The molecule has 0 aliphatic heterocycles. The zero-order chi connectivity index (χ0) is 24.9. The summed E-state index contributed by atoms with van der Waals surface area (Å²) in [6, 6.07) is 13.3. The van der Waals surface area contributed by atoms with Crippen molar-refractivity contribution in [2.24, 2.45) is 5.10 Å². The molecule has 0 bridgehead atoms. The monoisotopic (exact) mass is 587 g/mol. The van der Waals surface area contributed by atoms with Gasteiger partial charge in [0.05, 0.1) is 32.8 Å². The van der Waals surface area contributed by atoms with Crippen LogP contribution in [-0.4, -0.2) is 26.7 Å². The van der Waals surface area contributed by atoms with Gasteiger partial charge in [-0.25, -0.2) is 0 Å². The van der Waals surface area contributed by atoms with Crippen molar-refractivity contribution in [1.29, 1.82) is 0 Å². The molecule has 0 aliphatic rings. The number of nitrogens with zero attached hydrogens (tertiary/aromatic N) is 2. The summed E-state index contributed by atoms with van der Waals surface area (Å²) in [6.07, 6.45) is 1.22. The number of ether oxygens (including phenoxy) is 2. The molecule has 178 valence electrons. The van der Waals surface area contributed by atoms with E-state index in [1.54, 1.807) is 30.3 Å². The molecular formula is C21H16BrCl2N3O6S. The van der Waals surface area contributed by atoms with Crippen molar-refractivity contribution in [1.82, 2.24) is 4.83 Å². The molecule has 13 heteroatoms. The Morgan fingerprint density at radius 3 is 2.56 bits per heavy atom. The average molecular weight is 589 g/mol. The maximum atomic E-state index is 12.5. The van der Waals surface area contributed by atoms with E-state index in [-0.39, 0.29) is 6.61 Å². The normalized spacial score (nSPS) is 11.4. The summed E-state index contributed by atoms with van der Waals surface area (Å²) in [6.45, 7) is 0.189. The number of hydrogen-bond donors (Lipinski definition) is 1. The van der Waals surface area contributed by atoms with Gasteiger partial charge in [0.2, 0.25) is 0 Å². The third-order valence-corrected chi connectivity index (χ3v) is 6.96. The Balaban J connectivity index is 1.77. The van der Waals surface area contributed by atoms with Crippen molar-refractivity contribution < 1.29 is 22.8 Å². The second-order valence-corrected chi connectivity index (χ2v) is 9.95. The van der Waals surface area contributed by atoms with Gasteiger partial charge in [-0.3, -0.25) is 10.1 Å². The molecule has 0 aliphatic carbocycles. The van der Waals surface area contributed by atoms with E-state index in [2.05, 4.69) is 21.0 Å². The first-order valence-corrected chi connectivity index (χ1v) is 12.4. The van der Waals surface area contributed by atoms with Crippen LogP contribution >= 0.6 is 39.1 Å². The lowest BCUT2D eigenvalue weighted by Crippen LogP contribution is -2.19. The number of para-hydroxylation sites is 1. The number of hydrazone groups is 1. The van der Waals surface area contributed by atoms with Crippen LogP contribution in [-0.2, 0) is 16.6 Å². The number of sulfonamides is 1. The minimum atomic E-state index is -4.26. The number of nitro benzene ring substituents is 1. The molecule has 0 fully saturated rings. The smallest absolute Gasteiger partial charge is 0.289 e. The van der Waals surface area contributed by atoms with Crippen molar-refractivity contribution in [2.45, 2.75) is 11.5 Å². The quantitative estimate of drug-likeness (QED) is 0.198. The van der Waals surface area contributed by atoms with Crippen LogP contribution < -0.4 is 14.3 Å². The summed E-state index contributed by atoms with van der Waals surface area (Å²) in [5, 5.41) is 15.7. The molecule has 0 saturated heterocycles. The zero-order valence-electron chi connectivity index (χ0n) is 17.4. The van der Waals surface area contributed by atoms with Crippen molar-refractivity contribution in [3.8, 4) is 11.5 Å². The van der Waals surface area contributed by atoms with Gasteiger partial charge in [0.25, 0.3) is 15.7 Å². The van der Waals surface area contributed by atoms with Gasteiger partial charge in [-0.1, -0.05) is 41.4 Å². The van der Waals surface area contributed by atoms with E-state index in [0.717, 1.165) is 17.7 Å². The van der Waals surface area contributed by atoms with Crippen molar-refractivity contribution in [3.63, 3.8) is 0 Å². The third kappa shape index (κ3) is 6.17. The van der Waals surface area contributed by atoms with E-state index >= 15 is 0 Å². The lowest BCUT2D eigenvalue weighted by molar-refractivity contribution is -0.387. The first kappa shape index (κ1) is 25.8. The van der Waals surface area contributed by atoms with Crippen LogP contribution in [0, 0.1) is 10.1 Å². The van der Waals surface area contributed by atoms with E-state index in [4.69, 9.17) is 32.7 Å². The van der Waals surface area contributed by atoms with Crippen LogP contribution in [0.2, 0.25) is 10.0 Å². The van der Waals surface area contributed by atoms with Crippen molar-refractivity contribution in [3.05, 3.63) is 90.4 Å². The lowest BCUT2D eigenvalue weighted by Gasteiger charge is -2.14. The minimum Gasteiger partial charge on any atom is -0.493 e. The van der Waals surface area contributed by atoms with Gasteiger partial charge < -0.3 is 9.47 Å². The SMILES string of the molecule is COc1cc(/C=N\NS(=O)(=O)c2ccccc2[N+](=O)[O-])cc(Br)c1OCc1ccc(Cl)c(Cl)c1. The number of hydrogen-bond acceptors (Lipinski definition) is 7. The Labute approximate surface area is 213 Å². The topological polar surface area (TPSA) is 120 Å². The number of benzene rings is 3. The summed E-state index contributed by atoms with van der Waals surface area (Å²) >= 11 is 15.4. The number of rotatable bonds is 9. The molecule has 3 rings (SSSR count). The van der Waals surface area contributed by atoms with Gasteiger partial charge in [-0.2, -0.15) is 18.4 Å². The minimum absolute atomic E-state index is 0.189. The fourth-order valence-electron chi connectivity index (χ4n) is 2.79. The van der Waals surface area contributed by atoms with Gasteiger partial charge >= 0.3 is 0 Å². The second kappa shape index (κ2) is 11.0. The highest BCUT2D eigenvalue weighted by Crippen LogP contribution is 2.37. The highest BCUT2D eigenvalue weighted by Gasteiger charge is 2.24. The van der Waals surface area contributed by atoms with E-state index in [1.807, 2.05) is 4.83 Å². The molecular weight excluding hydrogens is 573 g/mol. The van der Waals surface area contributed by atoms with Crippen LogP contribution in [0.25, 0.3) is 0 Å². The molecule has 0 saturated carbocycles. The molecule has 0 atom stereocenters. The maximum Gasteiger partial charge on any atom is 0.289 e. The molecule has 0 unspecified atom stereocenters. The van der Waals surface area contributed by atoms with Crippen LogP contribution in [0.5, 0.6) is 11.5 Å². The fourth-order valence-corrected chi connectivity index (χ4v) is 4.65. The number of nitrogens with one attached hydrogen (secondary N) is 1. The Bertz CT molecular complexity index is 1370. The molecule has 0 aromatic heterocycles. The zero-order valence-corrected chi connectivity index (χ0v) is 21.3. The Morgan fingerprint density at radius 2 is 1.88 bits per heavy atom. The lowest BCUT2D eigenvalue weighted by atomic mass is 10.2. The Kier molecular flexibility index (Phi) is 8.37. The first-order chi connectivity index (χ1) is 16.1. The summed E-state index contributed by atoms with van der Waals surface area (Å²) in [5.41, 5.74) is 0.701. The first-order valence-electron chi connectivity index (χ1n) is 9.35. The number of methoxy groups -OCH3 is 1. The summed E-state index contributed by atoms with van der Waals surface area (Å²) in [5.74, 6) is 0.767. The highest BCUT2D eigenvalue weighted by molar-refractivity contribution is 9.10. The van der Waals surface area contributed by atoms with Gasteiger partial charge in [-0.15, -0.1) is 0 Å². The predicted octanol–water partition coefficient (Wildman–Crippen LogP) is 5.56. The predicted molar refractivity (Wildman–Crippen MR) is 132 cm³/mol. The summed E-state index contributed by atoms with van der Waals surface area (Å²) in [7, 11) is -2.81. The van der Waals surface area contributed by atoms with Crippen LogP contribution in [0.15, 0.2) is 69.1 Å². The van der Waals surface area contributed by atoms with Gasteiger partial charge in [0.1, 0.15) is 6.61 Å². The molecule has 0 heterocycles. The van der Waals surface area contributed by atoms with Crippen molar-refractivity contribution in [2.75, 3.05) is 7.11 Å². The van der Waals surface area contributed by atoms with Crippen molar-refractivity contribution >= 4 is 61.1 Å². The van der Waals surface area contributed by atoms with Crippen LogP contribution in [0.1, 0.15) is 11.1 Å². The molecule has 0 radical (unpaired) electrons. The summed E-state index contributed by atoms with van der Waals surface area (Å²) in [4.78, 5) is 11.8. The van der Waals surface area contributed by atoms with E-state index < -0.39 is 25.5 Å². The Hall–Kier alpha value is -2.86. The molecule has 3 aromatic carbocycles. The number of nitro groups is 1. The number of halogens is 3. The molecule has 0 amide bonds. The van der Waals surface area contributed by atoms with Gasteiger partial charge in [-0.05, 0) is 57.4 Å². The van der Waals surface area contributed by atoms with Crippen LogP contribution in [0.3, 0.4) is 0 Å². The average Bonchev–Trinajstić information content (AvgIpc) is 2.80. The summed E-state index contributed by atoms with van der Waals surface area (Å²) < 4.78 is 36.7. The van der Waals surface area contributed by atoms with E-state index in [1.165, 1.54) is 25.5 Å². The molecule has 1 N–H and O–H groups in total. The van der Waals surface area contributed by atoms with Gasteiger partial charge in [0.15, 0.2) is 16.4 Å². The fraction of sp³-hybridized carbons (Fsp3) is 0.0952. The Morgan fingerprint density at radius 1 is 1.15 bits per heavy atom. The molecule has 3 aromatic rings. The molecule has 0 spiro atoms. The maximum absolute atomic E-state index is 12.5.